The van der Waals surface area contributed by atoms with Crippen LogP contribution < -0.4 is 4.74 Å². The van der Waals surface area contributed by atoms with Gasteiger partial charge in [0.2, 0.25) is 0 Å². The van der Waals surface area contributed by atoms with Crippen molar-refractivity contribution in [2.45, 2.75) is 18.8 Å². The first-order valence-electron chi connectivity index (χ1n) is 6.22. The van der Waals surface area contributed by atoms with Gasteiger partial charge in [0.1, 0.15) is 11.5 Å². The summed E-state index contributed by atoms with van der Waals surface area (Å²) in [6.07, 6.45) is 1.21. The van der Waals surface area contributed by atoms with Crippen LogP contribution in [-0.2, 0) is 11.2 Å². The molecule has 0 saturated carbocycles. The predicted octanol–water partition coefficient (Wildman–Crippen LogP) is 4.08. The molecule has 1 atom stereocenters. The fourth-order valence-corrected chi connectivity index (χ4v) is 3.52. The van der Waals surface area contributed by atoms with E-state index in [0.29, 0.717) is 13.0 Å². The number of fused-ring (bicyclic) bond motifs is 1. The molecule has 0 bridgehead atoms. The fourth-order valence-electron chi connectivity index (χ4n) is 2.42. The van der Waals surface area contributed by atoms with Crippen LogP contribution in [0, 0.1) is 0 Å². The maximum Gasteiger partial charge on any atom is 0.145 e. The lowest BCUT2D eigenvalue weighted by Gasteiger charge is -2.24. The summed E-state index contributed by atoms with van der Waals surface area (Å²) in [4.78, 5) is 13.5. The second kappa shape index (κ2) is 5.35. The highest BCUT2D eigenvalue weighted by molar-refractivity contribution is 7.16. The smallest absolute Gasteiger partial charge is 0.145 e. The quantitative estimate of drug-likeness (QED) is 0.852. The van der Waals surface area contributed by atoms with E-state index >= 15 is 0 Å². The van der Waals surface area contributed by atoms with Crippen molar-refractivity contribution in [3.8, 4) is 5.75 Å². The summed E-state index contributed by atoms with van der Waals surface area (Å²) in [5, 5.41) is 0. The van der Waals surface area contributed by atoms with Crippen molar-refractivity contribution >= 4 is 28.7 Å². The number of thiophene rings is 1. The van der Waals surface area contributed by atoms with Crippen molar-refractivity contribution in [2.75, 3.05) is 6.61 Å². The number of carbonyl (C=O) groups excluding carboxylic acids is 1. The SMILES string of the molecule is O=C(Cc1ccc(Cl)s1)C1CCOc2ccccc21. The summed E-state index contributed by atoms with van der Waals surface area (Å²) < 4.78 is 6.32. The van der Waals surface area contributed by atoms with Gasteiger partial charge in [-0.15, -0.1) is 11.3 Å². The predicted molar refractivity (Wildman–Crippen MR) is 77.3 cm³/mol. The molecule has 2 heterocycles. The molecule has 0 radical (unpaired) electrons. The Morgan fingerprint density at radius 3 is 2.95 bits per heavy atom. The lowest BCUT2D eigenvalue weighted by molar-refractivity contribution is -0.120. The van der Waals surface area contributed by atoms with Gasteiger partial charge in [-0.2, -0.15) is 0 Å². The molecular weight excluding hydrogens is 280 g/mol. The average molecular weight is 293 g/mol. The minimum atomic E-state index is -0.0502. The van der Waals surface area contributed by atoms with E-state index in [-0.39, 0.29) is 11.7 Å². The first kappa shape index (κ1) is 12.7. The fraction of sp³-hybridized carbons (Fsp3) is 0.267. The summed E-state index contributed by atoms with van der Waals surface area (Å²) in [7, 11) is 0. The Morgan fingerprint density at radius 1 is 1.32 bits per heavy atom. The van der Waals surface area contributed by atoms with Crippen LogP contribution in [0.15, 0.2) is 36.4 Å². The highest BCUT2D eigenvalue weighted by atomic mass is 35.5. The van der Waals surface area contributed by atoms with Crippen LogP contribution in [0.3, 0.4) is 0 Å². The lowest BCUT2D eigenvalue weighted by Crippen LogP contribution is -2.22. The van der Waals surface area contributed by atoms with Gasteiger partial charge in [-0.25, -0.2) is 0 Å². The number of carbonyl (C=O) groups is 1. The Hall–Kier alpha value is -1.32. The number of Topliss-reactive ketones (excluding diaryl/α,β-unsaturated/α-hetero) is 1. The molecule has 4 heteroatoms. The number of ether oxygens (including phenoxy) is 1. The number of halogens is 1. The number of para-hydroxylation sites is 1. The van der Waals surface area contributed by atoms with Crippen molar-refractivity contribution in [2.24, 2.45) is 0 Å². The number of ketones is 1. The van der Waals surface area contributed by atoms with Gasteiger partial charge in [0.05, 0.1) is 10.9 Å². The zero-order valence-electron chi connectivity index (χ0n) is 10.3. The summed E-state index contributed by atoms with van der Waals surface area (Å²) in [5.41, 5.74) is 1.02. The van der Waals surface area contributed by atoms with Gasteiger partial charge in [-0.3, -0.25) is 4.79 Å². The van der Waals surface area contributed by atoms with Gasteiger partial charge in [-0.05, 0) is 24.6 Å². The van der Waals surface area contributed by atoms with Crippen LogP contribution >= 0.6 is 22.9 Å². The van der Waals surface area contributed by atoms with Gasteiger partial charge in [0.25, 0.3) is 0 Å². The largest absolute Gasteiger partial charge is 0.493 e. The summed E-state index contributed by atoms with van der Waals surface area (Å²) in [6.45, 7) is 0.610. The zero-order valence-corrected chi connectivity index (χ0v) is 11.8. The topological polar surface area (TPSA) is 26.3 Å². The van der Waals surface area contributed by atoms with Gasteiger partial charge < -0.3 is 4.74 Å². The van der Waals surface area contributed by atoms with E-state index in [1.54, 1.807) is 0 Å². The van der Waals surface area contributed by atoms with Crippen molar-refractivity contribution in [1.82, 2.24) is 0 Å². The molecular formula is C15H13ClO2S. The second-order valence-electron chi connectivity index (χ2n) is 4.58. The molecule has 0 amide bonds. The van der Waals surface area contributed by atoms with E-state index in [2.05, 4.69) is 0 Å². The molecule has 0 aliphatic carbocycles. The molecule has 0 fully saturated rings. The van der Waals surface area contributed by atoms with Crippen LogP contribution in [0.1, 0.15) is 22.8 Å². The molecule has 2 nitrogen and oxygen atoms in total. The van der Waals surface area contributed by atoms with Crippen LogP contribution in [-0.4, -0.2) is 12.4 Å². The Bertz CT molecular complexity index is 606. The molecule has 0 spiro atoms. The van der Waals surface area contributed by atoms with Gasteiger partial charge in [0.15, 0.2) is 0 Å². The highest BCUT2D eigenvalue weighted by Gasteiger charge is 2.27. The molecule has 1 aromatic heterocycles. The second-order valence-corrected chi connectivity index (χ2v) is 6.38. The van der Waals surface area contributed by atoms with E-state index in [0.717, 1.165) is 26.9 Å². The number of hydrogen-bond donors (Lipinski definition) is 0. The Labute approximate surface area is 121 Å². The van der Waals surface area contributed by atoms with Crippen LogP contribution in [0.4, 0.5) is 0 Å². The molecule has 2 aromatic rings. The van der Waals surface area contributed by atoms with E-state index in [1.807, 2.05) is 36.4 Å². The molecule has 0 saturated heterocycles. The van der Waals surface area contributed by atoms with Gasteiger partial charge in [-0.1, -0.05) is 29.8 Å². The number of rotatable bonds is 3. The van der Waals surface area contributed by atoms with E-state index < -0.39 is 0 Å². The molecule has 19 heavy (non-hydrogen) atoms. The minimum absolute atomic E-state index is 0.0502. The molecule has 0 N–H and O–H groups in total. The van der Waals surface area contributed by atoms with E-state index in [9.17, 15) is 4.79 Å². The third-order valence-electron chi connectivity index (χ3n) is 3.32. The van der Waals surface area contributed by atoms with Gasteiger partial charge >= 0.3 is 0 Å². The van der Waals surface area contributed by atoms with Crippen molar-refractivity contribution in [3.63, 3.8) is 0 Å². The Balaban J connectivity index is 1.81. The van der Waals surface area contributed by atoms with Crippen molar-refractivity contribution in [1.29, 1.82) is 0 Å². The molecule has 1 aliphatic rings. The Kier molecular flexibility index (Phi) is 3.58. The third-order valence-corrected chi connectivity index (χ3v) is 4.56. The van der Waals surface area contributed by atoms with Crippen molar-refractivity contribution in [3.05, 3.63) is 51.2 Å². The molecule has 1 unspecified atom stereocenters. The van der Waals surface area contributed by atoms with Crippen LogP contribution in [0.25, 0.3) is 0 Å². The summed E-state index contributed by atoms with van der Waals surface area (Å²) in [6, 6.07) is 11.6. The number of benzene rings is 1. The van der Waals surface area contributed by atoms with Crippen molar-refractivity contribution < 1.29 is 9.53 Å². The van der Waals surface area contributed by atoms with Crippen LogP contribution in [0.2, 0.25) is 4.34 Å². The zero-order chi connectivity index (χ0) is 13.2. The average Bonchev–Trinajstić information content (AvgIpc) is 2.83. The first-order chi connectivity index (χ1) is 9.24. The molecule has 1 aromatic carbocycles. The van der Waals surface area contributed by atoms with E-state index in [4.69, 9.17) is 16.3 Å². The molecule has 3 rings (SSSR count). The third kappa shape index (κ3) is 2.67. The minimum Gasteiger partial charge on any atom is -0.493 e. The normalized spacial score (nSPS) is 17.6. The number of hydrogen-bond acceptors (Lipinski definition) is 3. The Morgan fingerprint density at radius 2 is 2.16 bits per heavy atom. The highest BCUT2D eigenvalue weighted by Crippen LogP contribution is 2.35. The van der Waals surface area contributed by atoms with E-state index in [1.165, 1.54) is 11.3 Å². The maximum absolute atomic E-state index is 12.4. The molecule has 98 valence electrons. The summed E-state index contributed by atoms with van der Waals surface area (Å²) in [5.74, 6) is 1.04. The lowest BCUT2D eigenvalue weighted by atomic mass is 9.88. The monoisotopic (exact) mass is 292 g/mol. The summed E-state index contributed by atoms with van der Waals surface area (Å²) >= 11 is 7.37. The standard InChI is InChI=1S/C15H13ClO2S/c16-15-6-5-10(19-15)9-13(17)11-7-8-18-14-4-2-1-3-12(11)14/h1-6,11H,7-9H2. The van der Waals surface area contributed by atoms with Gasteiger partial charge in [0, 0.05) is 22.8 Å². The maximum atomic E-state index is 12.4. The molecule has 1 aliphatic heterocycles. The van der Waals surface area contributed by atoms with Crippen LogP contribution in [0.5, 0.6) is 5.75 Å². The first-order valence-corrected chi connectivity index (χ1v) is 7.42.